The van der Waals surface area contributed by atoms with Gasteiger partial charge in [-0.1, -0.05) is 0 Å². The first-order valence-electron chi connectivity index (χ1n) is 4.92. The zero-order valence-corrected chi connectivity index (χ0v) is 9.54. The highest BCUT2D eigenvalue weighted by molar-refractivity contribution is 5.88. The largest absolute Gasteiger partial charge is 0.478 e. The fraction of sp³-hybridized carbons (Fsp3) is 0.400. The first kappa shape index (κ1) is 12.7. The van der Waals surface area contributed by atoms with Crippen molar-refractivity contribution in [1.29, 1.82) is 0 Å². The lowest BCUT2D eigenvalue weighted by atomic mass is 10.2. The number of aromatic nitrogens is 1. The molecular formula is C10H14ClN3O2. The van der Waals surface area contributed by atoms with E-state index in [4.69, 9.17) is 5.11 Å². The normalized spacial score (nSPS) is 15.4. The van der Waals surface area contributed by atoms with E-state index in [2.05, 4.69) is 15.2 Å². The molecule has 2 rings (SSSR count). The van der Waals surface area contributed by atoms with Gasteiger partial charge in [-0.3, -0.25) is 0 Å². The van der Waals surface area contributed by atoms with Crippen molar-refractivity contribution >= 4 is 24.2 Å². The third-order valence-electron chi connectivity index (χ3n) is 2.43. The van der Waals surface area contributed by atoms with Crippen LogP contribution in [0.1, 0.15) is 10.4 Å². The molecule has 1 aromatic heterocycles. The molecule has 1 saturated heterocycles. The van der Waals surface area contributed by atoms with Crippen LogP contribution in [-0.2, 0) is 0 Å². The maximum Gasteiger partial charge on any atom is 0.335 e. The molecule has 0 radical (unpaired) electrons. The van der Waals surface area contributed by atoms with Crippen LogP contribution >= 0.6 is 12.4 Å². The van der Waals surface area contributed by atoms with Gasteiger partial charge in [0.25, 0.3) is 0 Å². The molecule has 0 aromatic carbocycles. The first-order valence-corrected chi connectivity index (χ1v) is 4.92. The van der Waals surface area contributed by atoms with Crippen LogP contribution in [0.25, 0.3) is 0 Å². The van der Waals surface area contributed by atoms with Crippen LogP contribution < -0.4 is 10.2 Å². The summed E-state index contributed by atoms with van der Waals surface area (Å²) in [4.78, 5) is 17.0. The van der Waals surface area contributed by atoms with Gasteiger partial charge >= 0.3 is 5.97 Å². The molecule has 0 spiro atoms. The van der Waals surface area contributed by atoms with Gasteiger partial charge in [0.2, 0.25) is 0 Å². The molecule has 0 bridgehead atoms. The molecule has 88 valence electrons. The molecule has 2 heterocycles. The Balaban J connectivity index is 0.00000128. The van der Waals surface area contributed by atoms with Gasteiger partial charge in [0.05, 0.1) is 5.56 Å². The minimum absolute atomic E-state index is 0. The summed E-state index contributed by atoms with van der Waals surface area (Å²) in [5, 5.41) is 12.1. The van der Waals surface area contributed by atoms with Gasteiger partial charge in [0, 0.05) is 32.4 Å². The molecule has 1 fully saturated rings. The number of carbonyl (C=O) groups is 1. The summed E-state index contributed by atoms with van der Waals surface area (Å²) in [6, 6.07) is 3.13. The summed E-state index contributed by atoms with van der Waals surface area (Å²) in [7, 11) is 0. The molecule has 1 aliphatic heterocycles. The van der Waals surface area contributed by atoms with Gasteiger partial charge in [-0.15, -0.1) is 12.4 Å². The molecule has 0 aliphatic carbocycles. The summed E-state index contributed by atoms with van der Waals surface area (Å²) >= 11 is 0. The molecule has 16 heavy (non-hydrogen) atoms. The van der Waals surface area contributed by atoms with E-state index in [1.807, 2.05) is 0 Å². The Morgan fingerprint density at radius 3 is 2.75 bits per heavy atom. The summed E-state index contributed by atoms with van der Waals surface area (Å²) in [6.07, 6.45) is 1.54. The number of anilines is 1. The van der Waals surface area contributed by atoms with Gasteiger partial charge < -0.3 is 15.3 Å². The van der Waals surface area contributed by atoms with E-state index < -0.39 is 5.97 Å². The van der Waals surface area contributed by atoms with Gasteiger partial charge in [-0.25, -0.2) is 9.78 Å². The lowest BCUT2D eigenvalue weighted by molar-refractivity contribution is 0.0697. The smallest absolute Gasteiger partial charge is 0.335 e. The number of pyridine rings is 1. The van der Waals surface area contributed by atoms with Gasteiger partial charge in [0.1, 0.15) is 5.82 Å². The maximum atomic E-state index is 10.8. The molecule has 0 saturated carbocycles. The molecule has 0 unspecified atom stereocenters. The van der Waals surface area contributed by atoms with Crippen LogP contribution in [0.3, 0.4) is 0 Å². The quantitative estimate of drug-likeness (QED) is 0.797. The highest BCUT2D eigenvalue weighted by Crippen LogP contribution is 2.12. The van der Waals surface area contributed by atoms with Crippen LogP contribution in [-0.4, -0.2) is 42.2 Å². The highest BCUT2D eigenvalue weighted by atomic mass is 35.5. The standard InChI is InChI=1S/C10H13N3O2.ClH/c14-10(15)8-1-2-12-9(7-8)13-5-3-11-4-6-13;/h1-2,7,11H,3-6H2,(H,14,15);1H. The number of aromatic carboxylic acids is 1. The van der Waals surface area contributed by atoms with Crippen LogP contribution in [0.2, 0.25) is 0 Å². The second-order valence-electron chi connectivity index (χ2n) is 3.44. The minimum atomic E-state index is -0.909. The van der Waals surface area contributed by atoms with Crippen molar-refractivity contribution in [1.82, 2.24) is 10.3 Å². The Bertz CT molecular complexity index is 367. The van der Waals surface area contributed by atoms with E-state index in [9.17, 15) is 4.79 Å². The zero-order valence-electron chi connectivity index (χ0n) is 8.72. The van der Waals surface area contributed by atoms with E-state index in [0.29, 0.717) is 5.56 Å². The van der Waals surface area contributed by atoms with Crippen LogP contribution in [0.4, 0.5) is 5.82 Å². The van der Waals surface area contributed by atoms with Crippen molar-refractivity contribution in [2.45, 2.75) is 0 Å². The van der Waals surface area contributed by atoms with Crippen molar-refractivity contribution in [3.05, 3.63) is 23.9 Å². The number of rotatable bonds is 2. The topological polar surface area (TPSA) is 65.5 Å². The molecule has 6 heteroatoms. The first-order chi connectivity index (χ1) is 7.27. The summed E-state index contributed by atoms with van der Waals surface area (Å²) in [5.74, 6) is -0.162. The fourth-order valence-electron chi connectivity index (χ4n) is 1.62. The Morgan fingerprint density at radius 2 is 2.12 bits per heavy atom. The van der Waals surface area contributed by atoms with E-state index in [-0.39, 0.29) is 12.4 Å². The van der Waals surface area contributed by atoms with Crippen LogP contribution in [0.15, 0.2) is 18.3 Å². The lowest BCUT2D eigenvalue weighted by Gasteiger charge is -2.28. The third kappa shape index (κ3) is 2.84. The third-order valence-corrected chi connectivity index (χ3v) is 2.43. The van der Waals surface area contributed by atoms with Crippen LogP contribution in [0, 0.1) is 0 Å². The minimum Gasteiger partial charge on any atom is -0.478 e. The number of halogens is 1. The van der Waals surface area contributed by atoms with Gasteiger partial charge in [-0.2, -0.15) is 0 Å². The van der Waals surface area contributed by atoms with Gasteiger partial charge in [-0.05, 0) is 12.1 Å². The Hall–Kier alpha value is -1.33. The number of nitrogens with zero attached hydrogens (tertiary/aromatic N) is 2. The Labute approximate surface area is 99.9 Å². The van der Waals surface area contributed by atoms with E-state index >= 15 is 0 Å². The Morgan fingerprint density at radius 1 is 1.44 bits per heavy atom. The summed E-state index contributed by atoms with van der Waals surface area (Å²) in [6.45, 7) is 3.57. The van der Waals surface area contributed by atoms with Gasteiger partial charge in [0.15, 0.2) is 0 Å². The number of hydrogen-bond acceptors (Lipinski definition) is 4. The van der Waals surface area contributed by atoms with Crippen LogP contribution in [0.5, 0.6) is 0 Å². The summed E-state index contributed by atoms with van der Waals surface area (Å²) in [5.41, 5.74) is 0.290. The molecule has 5 nitrogen and oxygen atoms in total. The average Bonchev–Trinajstić information content (AvgIpc) is 2.30. The second kappa shape index (κ2) is 5.67. The Kier molecular flexibility index (Phi) is 4.52. The van der Waals surface area contributed by atoms with Crippen molar-refractivity contribution in [3.63, 3.8) is 0 Å². The number of hydrogen-bond donors (Lipinski definition) is 2. The van der Waals surface area contributed by atoms with E-state index in [0.717, 1.165) is 32.0 Å². The summed E-state index contributed by atoms with van der Waals surface area (Å²) < 4.78 is 0. The SMILES string of the molecule is Cl.O=C(O)c1ccnc(N2CCNCC2)c1. The average molecular weight is 244 g/mol. The molecule has 1 aliphatic rings. The molecule has 0 amide bonds. The van der Waals surface area contributed by atoms with Crippen molar-refractivity contribution in [2.24, 2.45) is 0 Å². The number of carboxylic acid groups (broad SMARTS) is 1. The van der Waals surface area contributed by atoms with Crippen molar-refractivity contribution < 1.29 is 9.90 Å². The maximum absolute atomic E-state index is 10.8. The second-order valence-corrected chi connectivity index (χ2v) is 3.44. The predicted octanol–water partition coefficient (Wildman–Crippen LogP) is 0.611. The molecule has 1 aromatic rings. The fourth-order valence-corrected chi connectivity index (χ4v) is 1.62. The number of carboxylic acids is 1. The molecule has 2 N–H and O–H groups in total. The molecule has 0 atom stereocenters. The van der Waals surface area contributed by atoms with E-state index in [1.165, 1.54) is 6.07 Å². The number of piperazine rings is 1. The zero-order chi connectivity index (χ0) is 10.7. The van der Waals surface area contributed by atoms with Crippen molar-refractivity contribution in [2.75, 3.05) is 31.1 Å². The highest BCUT2D eigenvalue weighted by Gasteiger charge is 2.13. The monoisotopic (exact) mass is 243 g/mol. The van der Waals surface area contributed by atoms with E-state index in [1.54, 1.807) is 12.3 Å². The predicted molar refractivity (Wildman–Crippen MR) is 63.5 cm³/mol. The number of nitrogens with one attached hydrogen (secondary N) is 1. The molecular weight excluding hydrogens is 230 g/mol. The lowest BCUT2D eigenvalue weighted by Crippen LogP contribution is -2.43. The van der Waals surface area contributed by atoms with Crippen molar-refractivity contribution in [3.8, 4) is 0 Å².